The molecule has 0 aliphatic rings. The summed E-state index contributed by atoms with van der Waals surface area (Å²) < 4.78 is 13.0. The Bertz CT molecular complexity index is 823. The van der Waals surface area contributed by atoms with Crippen LogP contribution >= 0.6 is 11.6 Å². The summed E-state index contributed by atoms with van der Waals surface area (Å²) in [7, 11) is 0. The summed E-state index contributed by atoms with van der Waals surface area (Å²) in [6.07, 6.45) is 0. The average Bonchev–Trinajstić information content (AvgIpc) is 2.64. The van der Waals surface area contributed by atoms with Crippen LogP contribution in [0.15, 0.2) is 48.5 Å². The molecule has 8 heteroatoms. The highest BCUT2D eigenvalue weighted by atomic mass is 35.5. The van der Waals surface area contributed by atoms with Gasteiger partial charge in [-0.05, 0) is 54.4 Å². The summed E-state index contributed by atoms with van der Waals surface area (Å²) in [5, 5.41) is 3.07. The van der Waals surface area contributed by atoms with E-state index in [1.54, 1.807) is 26.0 Å². The van der Waals surface area contributed by atoms with Gasteiger partial charge in [-0.25, -0.2) is 4.39 Å². The summed E-state index contributed by atoms with van der Waals surface area (Å²) in [5.74, 6) is -2.33. The fraction of sp³-hybridized carbons (Fsp3) is 0.211. The van der Waals surface area contributed by atoms with Crippen LogP contribution in [0.5, 0.6) is 0 Å². The van der Waals surface area contributed by atoms with Crippen molar-refractivity contribution in [1.29, 1.82) is 0 Å². The Balaban J connectivity index is 1.97. The largest absolute Gasteiger partial charge is 0.340 e. The minimum atomic E-state index is -0.895. The highest BCUT2D eigenvalue weighted by molar-refractivity contribution is 6.30. The van der Waals surface area contributed by atoms with Crippen LogP contribution in [0.4, 0.5) is 4.39 Å². The van der Waals surface area contributed by atoms with Crippen LogP contribution in [0.3, 0.4) is 0 Å². The average molecular weight is 392 g/mol. The molecule has 6 nitrogen and oxygen atoms in total. The van der Waals surface area contributed by atoms with Crippen molar-refractivity contribution in [2.75, 3.05) is 0 Å². The first-order valence-corrected chi connectivity index (χ1v) is 8.58. The normalized spacial score (nSPS) is 11.6. The molecule has 0 fully saturated rings. The maximum Gasteiger partial charge on any atom is 0.269 e. The van der Waals surface area contributed by atoms with Gasteiger partial charge in [0.1, 0.15) is 11.9 Å². The Morgan fingerprint density at radius 2 is 1.37 bits per heavy atom. The quantitative estimate of drug-likeness (QED) is 0.685. The topological polar surface area (TPSA) is 87.3 Å². The number of benzene rings is 2. The van der Waals surface area contributed by atoms with E-state index in [1.165, 1.54) is 24.3 Å². The highest BCUT2D eigenvalue weighted by Gasteiger charge is 2.25. The zero-order valence-electron chi connectivity index (χ0n) is 14.8. The summed E-state index contributed by atoms with van der Waals surface area (Å²) >= 11 is 5.77. The van der Waals surface area contributed by atoms with Crippen molar-refractivity contribution in [1.82, 2.24) is 16.2 Å². The Hall–Kier alpha value is -2.93. The number of carbonyl (C=O) groups is 3. The molecule has 0 aliphatic carbocycles. The number of halogens is 2. The molecule has 0 saturated carbocycles. The van der Waals surface area contributed by atoms with Gasteiger partial charge >= 0.3 is 0 Å². The number of hydrogen-bond acceptors (Lipinski definition) is 3. The lowest BCUT2D eigenvalue weighted by atomic mass is 10.0. The van der Waals surface area contributed by atoms with Crippen molar-refractivity contribution in [3.63, 3.8) is 0 Å². The smallest absolute Gasteiger partial charge is 0.269 e. The number of rotatable bonds is 5. The lowest BCUT2D eigenvalue weighted by Crippen LogP contribution is -2.54. The zero-order chi connectivity index (χ0) is 20.0. The Morgan fingerprint density at radius 3 is 1.93 bits per heavy atom. The van der Waals surface area contributed by atoms with Gasteiger partial charge in [-0.3, -0.25) is 25.2 Å². The highest BCUT2D eigenvalue weighted by Crippen LogP contribution is 2.09. The minimum Gasteiger partial charge on any atom is -0.340 e. The molecule has 2 aromatic carbocycles. The van der Waals surface area contributed by atoms with E-state index in [-0.39, 0.29) is 11.5 Å². The molecule has 0 unspecified atom stereocenters. The zero-order valence-corrected chi connectivity index (χ0v) is 15.5. The minimum absolute atomic E-state index is 0.222. The molecule has 0 spiro atoms. The fourth-order valence-electron chi connectivity index (χ4n) is 2.23. The SMILES string of the molecule is CC(C)[C@H](NC(=O)c1ccc(F)cc1)C(=O)NNC(=O)c1ccc(Cl)cc1. The van der Waals surface area contributed by atoms with E-state index in [9.17, 15) is 18.8 Å². The van der Waals surface area contributed by atoms with Crippen molar-refractivity contribution < 1.29 is 18.8 Å². The van der Waals surface area contributed by atoms with Gasteiger partial charge in [-0.1, -0.05) is 25.4 Å². The molecule has 0 heterocycles. The van der Waals surface area contributed by atoms with E-state index in [4.69, 9.17) is 11.6 Å². The van der Waals surface area contributed by atoms with Crippen LogP contribution in [-0.2, 0) is 4.79 Å². The lowest BCUT2D eigenvalue weighted by Gasteiger charge is -2.22. The van der Waals surface area contributed by atoms with Gasteiger partial charge in [0.25, 0.3) is 17.7 Å². The first-order chi connectivity index (χ1) is 12.8. The summed E-state index contributed by atoms with van der Waals surface area (Å²) in [4.78, 5) is 36.7. The number of amides is 3. The van der Waals surface area contributed by atoms with E-state index in [0.29, 0.717) is 10.6 Å². The van der Waals surface area contributed by atoms with Crippen LogP contribution in [0.25, 0.3) is 0 Å². The summed E-state index contributed by atoms with van der Waals surface area (Å²) in [6.45, 7) is 3.49. The predicted molar refractivity (Wildman–Crippen MR) is 99.6 cm³/mol. The molecule has 1 atom stereocenters. The maximum absolute atomic E-state index is 13.0. The molecule has 3 amide bonds. The molecule has 2 aromatic rings. The van der Waals surface area contributed by atoms with E-state index in [0.717, 1.165) is 12.1 Å². The van der Waals surface area contributed by atoms with Crippen molar-refractivity contribution in [3.05, 3.63) is 70.5 Å². The summed E-state index contributed by atoms with van der Waals surface area (Å²) in [6, 6.07) is 10.2. The van der Waals surface area contributed by atoms with Gasteiger partial charge in [0.05, 0.1) is 0 Å². The lowest BCUT2D eigenvalue weighted by molar-refractivity contribution is -0.124. The first-order valence-electron chi connectivity index (χ1n) is 8.20. The number of hydrazine groups is 1. The standard InChI is InChI=1S/C19H19ClFN3O3/c1-11(2)16(22-17(25)12-5-9-15(21)10-6-12)19(27)24-23-18(26)13-3-7-14(20)8-4-13/h3-11,16H,1-2H3,(H,22,25)(H,23,26)(H,24,27)/t16-/m0/s1. The van der Waals surface area contributed by atoms with Crippen molar-refractivity contribution in [2.45, 2.75) is 19.9 Å². The van der Waals surface area contributed by atoms with Crippen LogP contribution in [0, 0.1) is 11.7 Å². The molecule has 3 N–H and O–H groups in total. The third-order valence-electron chi connectivity index (χ3n) is 3.75. The third-order valence-corrected chi connectivity index (χ3v) is 4.00. The number of nitrogens with one attached hydrogen (secondary N) is 3. The molecular weight excluding hydrogens is 373 g/mol. The molecule has 0 radical (unpaired) electrons. The van der Waals surface area contributed by atoms with Crippen LogP contribution in [0.1, 0.15) is 34.6 Å². The van der Waals surface area contributed by atoms with Gasteiger partial charge in [0.15, 0.2) is 0 Å². The third kappa shape index (κ3) is 5.79. The first kappa shape index (κ1) is 20.4. The van der Waals surface area contributed by atoms with E-state index in [2.05, 4.69) is 16.2 Å². The Morgan fingerprint density at radius 1 is 0.852 bits per heavy atom. The van der Waals surface area contributed by atoms with E-state index < -0.39 is 29.6 Å². The second-order valence-electron chi connectivity index (χ2n) is 6.15. The van der Waals surface area contributed by atoms with Crippen LogP contribution in [0.2, 0.25) is 5.02 Å². The van der Waals surface area contributed by atoms with Crippen LogP contribution < -0.4 is 16.2 Å². The molecule has 0 aromatic heterocycles. The van der Waals surface area contributed by atoms with Gasteiger partial charge in [-0.15, -0.1) is 0 Å². The Labute approximate surface area is 161 Å². The molecule has 0 saturated heterocycles. The van der Waals surface area contributed by atoms with E-state index >= 15 is 0 Å². The molecule has 2 rings (SSSR count). The van der Waals surface area contributed by atoms with Crippen molar-refractivity contribution >= 4 is 29.3 Å². The molecule has 27 heavy (non-hydrogen) atoms. The molecule has 142 valence electrons. The van der Waals surface area contributed by atoms with Gasteiger partial charge in [0, 0.05) is 16.1 Å². The maximum atomic E-state index is 13.0. The van der Waals surface area contributed by atoms with E-state index in [1.807, 2.05) is 0 Å². The Kier molecular flexibility index (Phi) is 6.90. The number of hydrogen-bond donors (Lipinski definition) is 3. The molecule has 0 aliphatic heterocycles. The van der Waals surface area contributed by atoms with Crippen molar-refractivity contribution in [2.24, 2.45) is 5.92 Å². The van der Waals surface area contributed by atoms with Crippen LogP contribution in [-0.4, -0.2) is 23.8 Å². The molecule has 0 bridgehead atoms. The fourth-order valence-corrected chi connectivity index (χ4v) is 2.36. The molecular formula is C19H19ClFN3O3. The second kappa shape index (κ2) is 9.14. The predicted octanol–water partition coefficient (Wildman–Crippen LogP) is 2.69. The monoisotopic (exact) mass is 391 g/mol. The summed E-state index contributed by atoms with van der Waals surface area (Å²) in [5.41, 5.74) is 5.13. The van der Waals surface area contributed by atoms with Gasteiger partial charge < -0.3 is 5.32 Å². The van der Waals surface area contributed by atoms with Gasteiger partial charge in [-0.2, -0.15) is 0 Å². The van der Waals surface area contributed by atoms with Crippen molar-refractivity contribution in [3.8, 4) is 0 Å². The van der Waals surface area contributed by atoms with Gasteiger partial charge in [0.2, 0.25) is 0 Å². The second-order valence-corrected chi connectivity index (χ2v) is 6.59. The number of carbonyl (C=O) groups excluding carboxylic acids is 3.